The highest BCUT2D eigenvalue weighted by atomic mass is 29.1. The van der Waals surface area contributed by atoms with Crippen LogP contribution in [0.25, 0.3) is 0 Å². The van der Waals surface area contributed by atoms with E-state index in [1.54, 1.807) is 0 Å². The van der Waals surface area contributed by atoms with E-state index in [2.05, 4.69) is 13.1 Å². The third kappa shape index (κ3) is 10.3. The molecule has 0 bridgehead atoms. The van der Waals surface area contributed by atoms with Crippen molar-refractivity contribution in [1.29, 1.82) is 0 Å². The highest BCUT2D eigenvalue weighted by Crippen LogP contribution is 1.93. The van der Waals surface area contributed by atoms with Gasteiger partial charge in [0.1, 0.15) is 0 Å². The monoisotopic (exact) mass is 211 g/mol. The predicted molar refractivity (Wildman–Crippen MR) is 57.0 cm³/mol. The molecular weight excluding hydrogens is 190 g/mol. The molecule has 76 valence electrons. The van der Waals surface area contributed by atoms with Gasteiger partial charge in [0.05, 0.1) is 25.4 Å². The Bertz CT molecular complexity index is 87.8. The van der Waals surface area contributed by atoms with Gasteiger partial charge in [-0.1, -0.05) is 13.1 Å². The fraction of sp³-hybridized carbons (Fsp3) is 1.00. The molecule has 0 heterocycles. The summed E-state index contributed by atoms with van der Waals surface area (Å²) >= 11 is 0. The Labute approximate surface area is 78.2 Å². The Morgan fingerprint density at radius 1 is 1.17 bits per heavy atom. The fourth-order valence-corrected chi connectivity index (χ4v) is 0.150. The molecule has 0 saturated carbocycles. The van der Waals surface area contributed by atoms with Gasteiger partial charge >= 0.3 is 0 Å². The first-order valence-electron chi connectivity index (χ1n) is 4.03. The lowest BCUT2D eigenvalue weighted by Gasteiger charge is -2.20. The third-order valence-electron chi connectivity index (χ3n) is 0.945. The Hall–Kier alpha value is 0.274. The van der Waals surface area contributed by atoms with Crippen LogP contribution in [0.1, 0.15) is 0 Å². The van der Waals surface area contributed by atoms with Crippen LogP contribution >= 0.6 is 0 Å². The first-order valence-corrected chi connectivity index (χ1v) is 11.0. The fourth-order valence-electron chi connectivity index (χ4n) is 0.150. The number of hydrogen-bond donors (Lipinski definition) is 4. The molecule has 0 fully saturated rings. The highest BCUT2D eigenvalue weighted by molar-refractivity contribution is 7.01. The average Bonchev–Trinajstić information content (AvgIpc) is 2.02. The van der Waals surface area contributed by atoms with E-state index >= 15 is 0 Å². The van der Waals surface area contributed by atoms with E-state index in [1.807, 2.05) is 0 Å². The minimum atomic E-state index is -1.21. The lowest BCUT2D eigenvalue weighted by molar-refractivity contribution is 0.0698. The van der Waals surface area contributed by atoms with Gasteiger partial charge in [0.25, 0.3) is 0 Å². The summed E-state index contributed by atoms with van der Waals surface area (Å²) in [5.74, 6) is 0. The molecule has 0 unspecified atom stereocenters. The normalized spacial score (nSPS) is 11.2. The molecule has 0 saturated heterocycles. The summed E-state index contributed by atoms with van der Waals surface area (Å²) in [7, 11) is 1.49. The molecule has 0 atom stereocenters. The third-order valence-corrected chi connectivity index (χ3v) is 0.945. The molecule has 0 aliphatic rings. The van der Waals surface area contributed by atoms with Gasteiger partial charge in [-0.3, -0.25) is 0 Å². The second-order valence-electron chi connectivity index (χ2n) is 3.57. The summed E-state index contributed by atoms with van der Waals surface area (Å²) in [6, 6.07) is 0. The van der Waals surface area contributed by atoms with E-state index in [4.69, 9.17) is 21.1 Å². The van der Waals surface area contributed by atoms with Crippen LogP contribution in [0.3, 0.4) is 0 Å². The van der Waals surface area contributed by atoms with Gasteiger partial charge in [-0.25, -0.2) is 0 Å². The largest absolute Gasteiger partial charge is 0.394 e. The lowest BCUT2D eigenvalue weighted by atomic mass is 10.1. The smallest absolute Gasteiger partial charge is 0.0856 e. The van der Waals surface area contributed by atoms with Gasteiger partial charge in [0, 0.05) is 8.31 Å². The summed E-state index contributed by atoms with van der Waals surface area (Å²) in [4.78, 5) is 0. The van der Waals surface area contributed by atoms with E-state index in [9.17, 15) is 0 Å². The molecule has 0 spiro atoms. The Morgan fingerprint density at radius 3 is 1.33 bits per heavy atom. The van der Waals surface area contributed by atoms with Crippen LogP contribution < -0.4 is 5.73 Å². The van der Waals surface area contributed by atoms with Crippen molar-refractivity contribution in [3.8, 4) is 0 Å². The van der Waals surface area contributed by atoms with Crippen LogP contribution in [0.15, 0.2) is 0 Å². The Kier molecular flexibility index (Phi) is 9.73. The summed E-state index contributed by atoms with van der Waals surface area (Å²) in [6.45, 7) is 3.53. The second kappa shape index (κ2) is 7.90. The SMILES string of the molecule is C[SiH](C)[SiH3].NC(CO)(CO)CO. The molecule has 0 aliphatic heterocycles. The van der Waals surface area contributed by atoms with Crippen molar-refractivity contribution in [3.63, 3.8) is 0 Å². The summed E-state index contributed by atoms with van der Waals surface area (Å²) in [6.07, 6.45) is 0. The molecule has 0 aromatic heterocycles. The van der Waals surface area contributed by atoms with Gasteiger partial charge < -0.3 is 21.1 Å². The molecule has 0 rings (SSSR count). The quantitative estimate of drug-likeness (QED) is 0.375. The van der Waals surface area contributed by atoms with Crippen LogP contribution in [0.5, 0.6) is 0 Å². The number of rotatable bonds is 3. The van der Waals surface area contributed by atoms with Gasteiger partial charge in [-0.2, -0.15) is 0 Å². The molecule has 0 amide bonds. The molecule has 12 heavy (non-hydrogen) atoms. The van der Waals surface area contributed by atoms with Crippen LogP contribution in [-0.2, 0) is 0 Å². The standard InChI is InChI=1S/C4H11NO3.C2H10Si2/c5-4(1-6,2-7)3-8;1-4(2)3/h6-8H,1-3,5H2;4H,1-3H3. The average molecular weight is 211 g/mol. The minimum Gasteiger partial charge on any atom is -0.394 e. The zero-order valence-corrected chi connectivity index (χ0v) is 11.3. The van der Waals surface area contributed by atoms with E-state index in [-0.39, 0.29) is 8.31 Å². The molecule has 4 nitrogen and oxygen atoms in total. The van der Waals surface area contributed by atoms with Crippen LogP contribution in [0, 0.1) is 0 Å². The van der Waals surface area contributed by atoms with Gasteiger partial charge in [-0.15, -0.1) is 0 Å². The number of hydrogen-bond acceptors (Lipinski definition) is 4. The molecule has 0 aromatic rings. The molecule has 0 aliphatic carbocycles. The predicted octanol–water partition coefficient (Wildman–Crippen LogP) is -3.00. The number of aliphatic hydroxyl groups is 3. The number of nitrogens with two attached hydrogens (primary N) is 1. The minimum absolute atomic E-state index is 0.000000000000000222. The van der Waals surface area contributed by atoms with Crippen molar-refractivity contribution >= 4 is 18.1 Å². The molecular formula is C6H21NO3Si2. The van der Waals surface area contributed by atoms with E-state index < -0.39 is 25.4 Å². The van der Waals surface area contributed by atoms with Crippen molar-refractivity contribution in [1.82, 2.24) is 0 Å². The van der Waals surface area contributed by atoms with Crippen LogP contribution in [-0.4, -0.2) is 58.8 Å². The second-order valence-corrected chi connectivity index (χ2v) is 14.0. The molecule has 5 N–H and O–H groups in total. The van der Waals surface area contributed by atoms with Crippen molar-refractivity contribution < 1.29 is 15.3 Å². The van der Waals surface area contributed by atoms with Crippen LogP contribution in [0.2, 0.25) is 13.1 Å². The summed E-state index contributed by atoms with van der Waals surface area (Å²) in [5, 5.41) is 25.0. The van der Waals surface area contributed by atoms with Crippen molar-refractivity contribution in [2.45, 2.75) is 18.6 Å². The van der Waals surface area contributed by atoms with Crippen molar-refractivity contribution in [2.75, 3.05) is 19.8 Å². The number of aliphatic hydroxyl groups excluding tert-OH is 3. The maximum absolute atomic E-state index is 8.34. The Balaban J connectivity index is 0. The molecule has 6 heteroatoms. The zero-order valence-electron chi connectivity index (χ0n) is 8.12. The Morgan fingerprint density at radius 2 is 1.33 bits per heavy atom. The maximum Gasteiger partial charge on any atom is 0.0856 e. The van der Waals surface area contributed by atoms with E-state index in [0.717, 1.165) is 0 Å². The van der Waals surface area contributed by atoms with E-state index in [0.29, 0.717) is 0 Å². The van der Waals surface area contributed by atoms with Crippen molar-refractivity contribution in [2.24, 2.45) is 5.73 Å². The zero-order chi connectivity index (χ0) is 10.2. The first-order chi connectivity index (χ1) is 5.41. The summed E-state index contributed by atoms with van der Waals surface area (Å²) < 4.78 is 0. The first kappa shape index (κ1) is 14.8. The van der Waals surface area contributed by atoms with E-state index in [1.165, 1.54) is 9.76 Å². The topological polar surface area (TPSA) is 86.7 Å². The van der Waals surface area contributed by atoms with Crippen molar-refractivity contribution in [3.05, 3.63) is 0 Å². The lowest BCUT2D eigenvalue weighted by Crippen LogP contribution is -2.50. The summed E-state index contributed by atoms with van der Waals surface area (Å²) in [5.41, 5.74) is 3.94. The maximum atomic E-state index is 8.34. The highest BCUT2D eigenvalue weighted by Gasteiger charge is 2.20. The van der Waals surface area contributed by atoms with Crippen LogP contribution in [0.4, 0.5) is 0 Å². The molecule has 0 aromatic carbocycles. The van der Waals surface area contributed by atoms with Gasteiger partial charge in [-0.05, 0) is 9.76 Å². The van der Waals surface area contributed by atoms with Gasteiger partial charge in [0.2, 0.25) is 0 Å². The molecule has 0 radical (unpaired) electrons. The van der Waals surface area contributed by atoms with Gasteiger partial charge in [0.15, 0.2) is 0 Å².